The van der Waals surface area contributed by atoms with Crippen molar-refractivity contribution < 1.29 is 14.4 Å². The molecule has 0 saturated heterocycles. The van der Waals surface area contributed by atoms with Gasteiger partial charge in [-0.3, -0.25) is 9.59 Å². The van der Waals surface area contributed by atoms with Crippen LogP contribution in [0.25, 0.3) is 0 Å². The van der Waals surface area contributed by atoms with E-state index in [1.807, 2.05) is 0 Å². The second-order valence-corrected chi connectivity index (χ2v) is 4.35. The summed E-state index contributed by atoms with van der Waals surface area (Å²) in [5.41, 5.74) is 0. The average Bonchev–Trinajstić information content (AvgIpc) is 2.76. The first-order valence-electron chi connectivity index (χ1n) is 4.92. The van der Waals surface area contributed by atoms with Crippen LogP contribution in [0.2, 0.25) is 0 Å². The fourth-order valence-corrected chi connectivity index (χ4v) is 1.72. The van der Waals surface area contributed by atoms with Crippen molar-refractivity contribution in [1.82, 2.24) is 5.32 Å². The first-order chi connectivity index (χ1) is 7.59. The van der Waals surface area contributed by atoms with Gasteiger partial charge in [-0.05, 0) is 18.4 Å². The van der Waals surface area contributed by atoms with Crippen molar-refractivity contribution in [3.63, 3.8) is 0 Å². The smallest absolute Gasteiger partial charge is 0.261 e. The molecule has 0 aliphatic rings. The predicted octanol–water partition coefficient (Wildman–Crippen LogP) is 1.42. The molecule has 0 atom stereocenters. The number of thiophene rings is 1. The van der Waals surface area contributed by atoms with Gasteiger partial charge in [-0.15, -0.1) is 11.3 Å². The van der Waals surface area contributed by atoms with Crippen molar-refractivity contribution in [2.24, 2.45) is 0 Å². The van der Waals surface area contributed by atoms with Gasteiger partial charge in [0.25, 0.3) is 5.91 Å². The standard InChI is InChI=1S/C11H13NO3S/c1-8(13)4-5-9(14)7-12-11(15)10-3-2-6-16-10/h2-3,6H,4-5,7H2,1H3,(H,12,15). The van der Waals surface area contributed by atoms with E-state index in [4.69, 9.17) is 0 Å². The molecule has 1 rings (SSSR count). The van der Waals surface area contributed by atoms with Crippen molar-refractivity contribution in [2.45, 2.75) is 19.8 Å². The summed E-state index contributed by atoms with van der Waals surface area (Å²) in [6.45, 7) is 1.43. The molecule has 1 N–H and O–H groups in total. The fourth-order valence-electron chi connectivity index (χ4n) is 1.08. The average molecular weight is 239 g/mol. The van der Waals surface area contributed by atoms with Crippen LogP contribution in [0.5, 0.6) is 0 Å². The molecule has 0 saturated carbocycles. The van der Waals surface area contributed by atoms with Crippen LogP contribution in [0, 0.1) is 0 Å². The maximum absolute atomic E-state index is 11.4. The van der Waals surface area contributed by atoms with Gasteiger partial charge in [0.05, 0.1) is 11.4 Å². The molecular weight excluding hydrogens is 226 g/mol. The SMILES string of the molecule is CC(=O)CCC(=O)CNC(=O)c1cccs1. The highest BCUT2D eigenvalue weighted by atomic mass is 32.1. The van der Waals surface area contributed by atoms with Crippen LogP contribution in [-0.4, -0.2) is 24.0 Å². The van der Waals surface area contributed by atoms with E-state index < -0.39 is 0 Å². The van der Waals surface area contributed by atoms with Gasteiger partial charge >= 0.3 is 0 Å². The zero-order valence-corrected chi connectivity index (χ0v) is 9.80. The molecule has 5 heteroatoms. The van der Waals surface area contributed by atoms with Crippen LogP contribution in [-0.2, 0) is 9.59 Å². The molecule has 16 heavy (non-hydrogen) atoms. The van der Waals surface area contributed by atoms with Crippen LogP contribution in [0.1, 0.15) is 29.4 Å². The van der Waals surface area contributed by atoms with Crippen molar-refractivity contribution >= 4 is 28.8 Å². The van der Waals surface area contributed by atoms with Gasteiger partial charge in [0, 0.05) is 12.8 Å². The summed E-state index contributed by atoms with van der Waals surface area (Å²) in [6, 6.07) is 3.47. The first-order valence-corrected chi connectivity index (χ1v) is 5.80. The molecule has 86 valence electrons. The first kappa shape index (κ1) is 12.6. The Bertz CT molecular complexity index is 384. The normalized spacial score (nSPS) is 9.81. The molecule has 1 aromatic rings. The number of rotatable bonds is 6. The second-order valence-electron chi connectivity index (χ2n) is 3.40. The minimum atomic E-state index is -0.244. The highest BCUT2D eigenvalue weighted by Gasteiger charge is 2.09. The summed E-state index contributed by atoms with van der Waals surface area (Å²) in [4.78, 5) is 33.9. The Kier molecular flexibility index (Phi) is 4.85. The third kappa shape index (κ3) is 4.35. The van der Waals surface area contributed by atoms with Gasteiger partial charge in [0.1, 0.15) is 5.78 Å². The molecule has 1 heterocycles. The Balaban J connectivity index is 2.27. The Morgan fingerprint density at radius 3 is 2.62 bits per heavy atom. The van der Waals surface area contributed by atoms with E-state index in [0.717, 1.165) is 0 Å². The minimum absolute atomic E-state index is 0.00991. The van der Waals surface area contributed by atoms with Crippen LogP contribution < -0.4 is 5.32 Å². The number of carbonyl (C=O) groups excluding carboxylic acids is 3. The summed E-state index contributed by atoms with van der Waals surface area (Å²) in [7, 11) is 0. The van der Waals surface area contributed by atoms with Crippen LogP contribution in [0.3, 0.4) is 0 Å². The fraction of sp³-hybridized carbons (Fsp3) is 0.364. The molecule has 1 aromatic heterocycles. The molecular formula is C11H13NO3S. The highest BCUT2D eigenvalue weighted by Crippen LogP contribution is 2.07. The van der Waals surface area contributed by atoms with E-state index in [1.165, 1.54) is 18.3 Å². The van der Waals surface area contributed by atoms with E-state index in [-0.39, 0.29) is 36.9 Å². The lowest BCUT2D eigenvalue weighted by molar-refractivity contribution is -0.122. The van der Waals surface area contributed by atoms with E-state index in [1.54, 1.807) is 17.5 Å². The number of hydrogen-bond acceptors (Lipinski definition) is 4. The monoisotopic (exact) mass is 239 g/mol. The summed E-state index contributed by atoms with van der Waals surface area (Å²) >= 11 is 1.32. The quantitative estimate of drug-likeness (QED) is 0.816. The van der Waals surface area contributed by atoms with E-state index in [9.17, 15) is 14.4 Å². The Morgan fingerprint density at radius 1 is 1.31 bits per heavy atom. The van der Waals surface area contributed by atoms with Crippen LogP contribution in [0.15, 0.2) is 17.5 Å². The molecule has 0 fully saturated rings. The Morgan fingerprint density at radius 2 is 2.06 bits per heavy atom. The van der Waals surface area contributed by atoms with Gasteiger partial charge < -0.3 is 10.1 Å². The zero-order valence-electron chi connectivity index (χ0n) is 8.99. The van der Waals surface area contributed by atoms with E-state index in [0.29, 0.717) is 4.88 Å². The predicted molar refractivity (Wildman–Crippen MR) is 61.6 cm³/mol. The molecule has 0 aromatic carbocycles. The largest absolute Gasteiger partial charge is 0.344 e. The minimum Gasteiger partial charge on any atom is -0.344 e. The van der Waals surface area contributed by atoms with Gasteiger partial charge in [-0.25, -0.2) is 0 Å². The van der Waals surface area contributed by atoms with Gasteiger partial charge in [-0.2, -0.15) is 0 Å². The molecule has 1 amide bonds. The van der Waals surface area contributed by atoms with Crippen LogP contribution >= 0.6 is 11.3 Å². The lowest BCUT2D eigenvalue weighted by atomic mass is 10.2. The topological polar surface area (TPSA) is 63.2 Å². The number of Topliss-reactive ketones (excluding diaryl/α,β-unsaturated/α-hetero) is 2. The lowest BCUT2D eigenvalue weighted by Crippen LogP contribution is -2.29. The Labute approximate surface area is 97.7 Å². The third-order valence-corrected chi connectivity index (χ3v) is 2.82. The summed E-state index contributed by atoms with van der Waals surface area (Å²) < 4.78 is 0. The molecule has 4 nitrogen and oxygen atoms in total. The third-order valence-electron chi connectivity index (χ3n) is 1.95. The van der Waals surface area contributed by atoms with Gasteiger partial charge in [-0.1, -0.05) is 6.07 Å². The molecule has 0 bridgehead atoms. The van der Waals surface area contributed by atoms with Crippen molar-refractivity contribution in [2.75, 3.05) is 6.54 Å². The maximum Gasteiger partial charge on any atom is 0.261 e. The zero-order chi connectivity index (χ0) is 12.0. The molecule has 0 aliphatic heterocycles. The number of hydrogen-bond donors (Lipinski definition) is 1. The molecule has 0 spiro atoms. The number of carbonyl (C=O) groups is 3. The number of amides is 1. The highest BCUT2D eigenvalue weighted by molar-refractivity contribution is 7.12. The summed E-state index contributed by atoms with van der Waals surface area (Å²) in [5.74, 6) is -0.385. The molecule has 0 radical (unpaired) electrons. The van der Waals surface area contributed by atoms with Crippen LogP contribution in [0.4, 0.5) is 0 Å². The van der Waals surface area contributed by atoms with E-state index >= 15 is 0 Å². The lowest BCUT2D eigenvalue weighted by Gasteiger charge is -2.01. The van der Waals surface area contributed by atoms with E-state index in [2.05, 4.69) is 5.32 Å². The van der Waals surface area contributed by atoms with Crippen molar-refractivity contribution in [1.29, 1.82) is 0 Å². The van der Waals surface area contributed by atoms with Gasteiger partial charge in [0.2, 0.25) is 0 Å². The molecule has 0 aliphatic carbocycles. The maximum atomic E-state index is 11.4. The summed E-state index contributed by atoms with van der Waals surface area (Å²) in [6.07, 6.45) is 0.438. The number of nitrogens with one attached hydrogen (secondary N) is 1. The number of ketones is 2. The molecule has 0 unspecified atom stereocenters. The second kappa shape index (κ2) is 6.17. The summed E-state index contributed by atoms with van der Waals surface area (Å²) in [5, 5.41) is 4.32. The van der Waals surface area contributed by atoms with Crippen molar-refractivity contribution in [3.8, 4) is 0 Å². The van der Waals surface area contributed by atoms with Gasteiger partial charge in [0.15, 0.2) is 5.78 Å². The Hall–Kier alpha value is -1.49. The van der Waals surface area contributed by atoms with Crippen molar-refractivity contribution in [3.05, 3.63) is 22.4 Å².